The number of hydrogen-bond donors (Lipinski definition) is 2. The highest BCUT2D eigenvalue weighted by atomic mass is 32.2. The number of carboxylic acids is 1. The van der Waals surface area contributed by atoms with Gasteiger partial charge in [0.15, 0.2) is 0 Å². The average Bonchev–Trinajstić information content (AvgIpc) is 2.94. The van der Waals surface area contributed by atoms with E-state index in [4.69, 9.17) is 5.11 Å². The van der Waals surface area contributed by atoms with Gasteiger partial charge in [-0.3, -0.25) is 9.59 Å². The summed E-state index contributed by atoms with van der Waals surface area (Å²) in [6, 6.07) is 0. The van der Waals surface area contributed by atoms with Crippen LogP contribution in [0.25, 0.3) is 0 Å². The van der Waals surface area contributed by atoms with Crippen molar-refractivity contribution in [2.45, 2.75) is 122 Å². The third kappa shape index (κ3) is 12.7. The molecule has 3 atom stereocenters. The van der Waals surface area contributed by atoms with E-state index >= 15 is 0 Å². The summed E-state index contributed by atoms with van der Waals surface area (Å²) in [6.45, 7) is 8.76. The Morgan fingerprint density at radius 1 is 1.00 bits per heavy atom. The maximum Gasteiger partial charge on any atom is 0.303 e. The van der Waals surface area contributed by atoms with Crippen molar-refractivity contribution in [1.29, 1.82) is 0 Å². The first-order valence-electron chi connectivity index (χ1n) is 11.6. The van der Waals surface area contributed by atoms with Gasteiger partial charge >= 0.3 is 5.97 Å². The van der Waals surface area contributed by atoms with Gasteiger partial charge in [-0.1, -0.05) is 59.3 Å². The first-order chi connectivity index (χ1) is 13.5. The van der Waals surface area contributed by atoms with E-state index in [2.05, 4.69) is 20.8 Å². The molecule has 0 bridgehead atoms. The minimum absolute atomic E-state index is 0.127. The Bertz CT molecular complexity index is 496. The molecule has 0 aromatic rings. The van der Waals surface area contributed by atoms with Crippen molar-refractivity contribution in [1.82, 2.24) is 0 Å². The fraction of sp³-hybridized carbons (Fsp3) is 0.917. The second kappa shape index (κ2) is 13.0. The van der Waals surface area contributed by atoms with Crippen LogP contribution in [-0.2, 0) is 9.59 Å². The summed E-state index contributed by atoms with van der Waals surface area (Å²) in [5, 5.41) is 19.8. The van der Waals surface area contributed by atoms with Crippen LogP contribution in [0.3, 0.4) is 0 Å². The molecule has 1 rings (SSSR count). The lowest BCUT2D eigenvalue weighted by Gasteiger charge is -2.26. The second-order valence-electron chi connectivity index (χ2n) is 10.4. The van der Waals surface area contributed by atoms with Crippen molar-refractivity contribution in [3.63, 3.8) is 0 Å². The fourth-order valence-electron chi connectivity index (χ4n) is 4.12. The summed E-state index contributed by atoms with van der Waals surface area (Å²) < 4.78 is 0. The zero-order valence-electron chi connectivity index (χ0n) is 19.2. The number of ketones is 1. The molecule has 1 aliphatic carbocycles. The number of carboxylic acid groups (broad SMARTS) is 1. The third-order valence-electron chi connectivity index (χ3n) is 5.94. The highest BCUT2D eigenvalue weighted by Gasteiger charge is 2.35. The molecule has 0 radical (unpaired) electrons. The normalized spacial score (nSPS) is 22.0. The Hall–Kier alpha value is -0.550. The molecule has 29 heavy (non-hydrogen) atoms. The molecule has 0 heterocycles. The summed E-state index contributed by atoms with van der Waals surface area (Å²) in [5.41, 5.74) is -0.266. The number of carbonyl (C=O) groups is 2. The van der Waals surface area contributed by atoms with Gasteiger partial charge in [0.2, 0.25) is 0 Å². The van der Waals surface area contributed by atoms with E-state index in [1.165, 1.54) is 19.3 Å². The molecule has 0 saturated heterocycles. The van der Waals surface area contributed by atoms with Gasteiger partial charge in [-0.05, 0) is 44.4 Å². The van der Waals surface area contributed by atoms with E-state index in [-0.39, 0.29) is 12.3 Å². The predicted molar refractivity (Wildman–Crippen MR) is 122 cm³/mol. The Labute approximate surface area is 182 Å². The molecule has 0 spiro atoms. The van der Waals surface area contributed by atoms with E-state index in [1.807, 2.05) is 6.92 Å². The van der Waals surface area contributed by atoms with Gasteiger partial charge in [0.1, 0.15) is 5.78 Å². The van der Waals surface area contributed by atoms with Crippen molar-refractivity contribution in [2.75, 3.05) is 5.75 Å². The minimum Gasteiger partial charge on any atom is -0.481 e. The largest absolute Gasteiger partial charge is 0.481 e. The van der Waals surface area contributed by atoms with Crippen LogP contribution in [0, 0.1) is 11.3 Å². The van der Waals surface area contributed by atoms with Crippen LogP contribution in [-0.4, -0.2) is 38.6 Å². The standard InChI is InChI=1S/C24H44O4S/c1-23(2,3)16-10-7-11-17-24(4,28)18-29-21-15-14-20(25)19(21)12-8-5-6-9-13-22(26)27/h19,21,28H,5-18H2,1-4H3,(H,26,27). The summed E-state index contributed by atoms with van der Waals surface area (Å²) in [4.78, 5) is 22.8. The van der Waals surface area contributed by atoms with Gasteiger partial charge in [0.05, 0.1) is 5.60 Å². The molecule has 5 heteroatoms. The van der Waals surface area contributed by atoms with Gasteiger partial charge in [-0.25, -0.2) is 0 Å². The van der Waals surface area contributed by atoms with E-state index in [9.17, 15) is 14.7 Å². The lowest BCUT2D eigenvalue weighted by atomic mass is 9.89. The van der Waals surface area contributed by atoms with Gasteiger partial charge in [0.25, 0.3) is 0 Å². The Kier molecular flexibility index (Phi) is 11.9. The second-order valence-corrected chi connectivity index (χ2v) is 11.7. The van der Waals surface area contributed by atoms with Gasteiger partial charge in [0, 0.05) is 29.8 Å². The molecule has 1 aliphatic rings. The number of rotatable bonds is 15. The molecule has 0 aromatic heterocycles. The lowest BCUT2D eigenvalue weighted by molar-refractivity contribution is -0.137. The number of thioether (sulfide) groups is 1. The van der Waals surface area contributed by atoms with Crippen LogP contribution in [0.4, 0.5) is 0 Å². The SMILES string of the molecule is CC(C)(C)CCCCCC(C)(O)CSC1CCC(=O)C1CCCCCCC(=O)O. The van der Waals surface area contributed by atoms with Gasteiger partial charge < -0.3 is 10.2 Å². The number of aliphatic hydroxyl groups is 1. The number of unbranched alkanes of at least 4 members (excludes halogenated alkanes) is 5. The highest BCUT2D eigenvalue weighted by Crippen LogP contribution is 2.38. The van der Waals surface area contributed by atoms with E-state index in [0.29, 0.717) is 28.6 Å². The van der Waals surface area contributed by atoms with E-state index < -0.39 is 11.6 Å². The molecule has 3 unspecified atom stereocenters. The molecule has 1 fully saturated rings. The monoisotopic (exact) mass is 428 g/mol. The topological polar surface area (TPSA) is 74.6 Å². The summed E-state index contributed by atoms with van der Waals surface area (Å²) >= 11 is 1.79. The number of carbonyl (C=O) groups excluding carboxylic acids is 1. The van der Waals surface area contributed by atoms with Crippen LogP contribution >= 0.6 is 11.8 Å². The van der Waals surface area contributed by atoms with Crippen molar-refractivity contribution < 1.29 is 19.8 Å². The third-order valence-corrected chi connectivity index (χ3v) is 7.72. The van der Waals surface area contributed by atoms with Crippen LogP contribution < -0.4 is 0 Å². The smallest absolute Gasteiger partial charge is 0.303 e. The fourth-order valence-corrected chi connectivity index (χ4v) is 5.64. The molecule has 0 amide bonds. The summed E-state index contributed by atoms with van der Waals surface area (Å²) in [7, 11) is 0. The van der Waals surface area contributed by atoms with Gasteiger partial charge in [-0.2, -0.15) is 11.8 Å². The molecule has 1 saturated carbocycles. The molecular formula is C24H44O4S. The maximum atomic E-state index is 12.3. The molecule has 0 aromatic carbocycles. The zero-order valence-corrected chi connectivity index (χ0v) is 20.0. The molecule has 4 nitrogen and oxygen atoms in total. The van der Waals surface area contributed by atoms with Crippen LogP contribution in [0.15, 0.2) is 0 Å². The highest BCUT2D eigenvalue weighted by molar-refractivity contribution is 8.00. The average molecular weight is 429 g/mol. The van der Waals surface area contributed by atoms with E-state index in [0.717, 1.165) is 51.4 Å². The van der Waals surface area contributed by atoms with Crippen molar-refractivity contribution >= 4 is 23.5 Å². The number of hydrogen-bond acceptors (Lipinski definition) is 4. The van der Waals surface area contributed by atoms with E-state index in [1.54, 1.807) is 11.8 Å². The molecule has 2 N–H and O–H groups in total. The predicted octanol–water partition coefficient (Wildman–Crippen LogP) is 6.24. The first-order valence-corrected chi connectivity index (χ1v) is 12.6. The minimum atomic E-state index is -0.728. The number of Topliss-reactive ketones (excluding diaryl/α,β-unsaturated/α-hetero) is 1. The summed E-state index contributed by atoms with van der Waals surface area (Å²) in [5.74, 6) is 0.491. The first kappa shape index (κ1) is 26.5. The van der Waals surface area contributed by atoms with Crippen molar-refractivity contribution in [2.24, 2.45) is 11.3 Å². The van der Waals surface area contributed by atoms with Crippen molar-refractivity contribution in [3.8, 4) is 0 Å². The molecule has 170 valence electrons. The van der Waals surface area contributed by atoms with Crippen LogP contribution in [0.1, 0.15) is 111 Å². The molecular weight excluding hydrogens is 384 g/mol. The Morgan fingerprint density at radius 3 is 2.28 bits per heavy atom. The molecule has 0 aliphatic heterocycles. The van der Waals surface area contributed by atoms with Crippen molar-refractivity contribution in [3.05, 3.63) is 0 Å². The summed E-state index contributed by atoms with van der Waals surface area (Å²) in [6.07, 6.45) is 11.9. The number of aliphatic carboxylic acids is 1. The lowest BCUT2D eigenvalue weighted by Crippen LogP contribution is -2.29. The Balaban J connectivity index is 2.25. The van der Waals surface area contributed by atoms with Crippen LogP contribution in [0.2, 0.25) is 0 Å². The Morgan fingerprint density at radius 2 is 1.62 bits per heavy atom. The van der Waals surface area contributed by atoms with Gasteiger partial charge in [-0.15, -0.1) is 0 Å². The van der Waals surface area contributed by atoms with Crippen LogP contribution in [0.5, 0.6) is 0 Å². The zero-order chi connectivity index (χ0) is 21.9. The maximum absolute atomic E-state index is 12.3. The quantitative estimate of drug-likeness (QED) is 0.302.